The summed E-state index contributed by atoms with van der Waals surface area (Å²) in [6.07, 6.45) is 7.14. The number of halogens is 1. The minimum absolute atomic E-state index is 0.0208. The molecule has 1 aliphatic carbocycles. The fraction of sp³-hybridized carbons (Fsp3) is 0.375. The predicted octanol–water partition coefficient (Wildman–Crippen LogP) is 3.94. The molecule has 1 N–H and O–H groups in total. The Balaban J connectivity index is 1.81. The van der Waals surface area contributed by atoms with Gasteiger partial charge in [0.05, 0.1) is 17.8 Å². The number of carbonyl (C=O) groups excluding carboxylic acids is 1. The van der Waals surface area contributed by atoms with Gasteiger partial charge in [0, 0.05) is 11.1 Å². The van der Waals surface area contributed by atoms with Crippen LogP contribution in [0.5, 0.6) is 0 Å². The van der Waals surface area contributed by atoms with Gasteiger partial charge in [-0.1, -0.05) is 18.9 Å². The molecule has 2 heterocycles. The second-order valence-corrected chi connectivity index (χ2v) is 6.35. The lowest BCUT2D eigenvalue weighted by Gasteiger charge is -2.23. The van der Waals surface area contributed by atoms with Gasteiger partial charge < -0.3 is 5.32 Å². The van der Waals surface area contributed by atoms with E-state index in [2.05, 4.69) is 10.3 Å². The summed E-state index contributed by atoms with van der Waals surface area (Å²) in [5, 5.41) is 5.03. The van der Waals surface area contributed by atoms with Crippen LogP contribution in [0.3, 0.4) is 0 Å². The first kappa shape index (κ1) is 14.2. The average Bonchev–Trinajstić information content (AvgIpc) is 3.18. The van der Waals surface area contributed by atoms with E-state index in [1.54, 1.807) is 11.3 Å². The number of amides is 1. The van der Waals surface area contributed by atoms with E-state index in [1.165, 1.54) is 25.1 Å². The summed E-state index contributed by atoms with van der Waals surface area (Å²) in [6, 6.07) is 5.43. The molecule has 1 unspecified atom stereocenters. The Kier molecular flexibility index (Phi) is 4.29. The van der Waals surface area contributed by atoms with Crippen molar-refractivity contribution in [1.29, 1.82) is 0 Å². The van der Waals surface area contributed by atoms with Gasteiger partial charge >= 0.3 is 0 Å². The molecule has 0 radical (unpaired) electrons. The minimum Gasteiger partial charge on any atom is -0.344 e. The van der Waals surface area contributed by atoms with Gasteiger partial charge in [0.15, 0.2) is 5.82 Å². The van der Waals surface area contributed by atoms with Gasteiger partial charge in [0.25, 0.3) is 5.91 Å². The molecule has 2 aromatic heterocycles. The highest BCUT2D eigenvalue weighted by atomic mass is 32.1. The van der Waals surface area contributed by atoms with E-state index >= 15 is 0 Å². The van der Waals surface area contributed by atoms with E-state index in [1.807, 2.05) is 17.5 Å². The summed E-state index contributed by atoms with van der Waals surface area (Å²) in [7, 11) is 0. The van der Waals surface area contributed by atoms with Crippen molar-refractivity contribution >= 4 is 17.2 Å². The van der Waals surface area contributed by atoms with Crippen LogP contribution in [0, 0.1) is 11.7 Å². The van der Waals surface area contributed by atoms with Crippen LogP contribution in [-0.4, -0.2) is 10.9 Å². The Labute approximate surface area is 127 Å². The van der Waals surface area contributed by atoms with Crippen LogP contribution in [0.2, 0.25) is 0 Å². The number of carbonyl (C=O) groups is 1. The van der Waals surface area contributed by atoms with Gasteiger partial charge in [-0.25, -0.2) is 4.39 Å². The summed E-state index contributed by atoms with van der Waals surface area (Å²) in [6.45, 7) is 0. The number of nitrogens with zero attached hydrogens (tertiary/aromatic N) is 1. The highest BCUT2D eigenvalue weighted by molar-refractivity contribution is 7.10. The smallest absolute Gasteiger partial charge is 0.254 e. The molecule has 0 spiro atoms. The lowest BCUT2D eigenvalue weighted by atomic mass is 9.96. The molecule has 0 aliphatic heterocycles. The molecule has 1 fully saturated rings. The molecule has 0 saturated heterocycles. The molecule has 3 nitrogen and oxygen atoms in total. The fourth-order valence-electron chi connectivity index (χ4n) is 2.96. The third-order valence-electron chi connectivity index (χ3n) is 4.02. The molecule has 0 bridgehead atoms. The fourth-order valence-corrected chi connectivity index (χ4v) is 3.83. The van der Waals surface area contributed by atoms with Crippen molar-refractivity contribution in [2.75, 3.05) is 0 Å². The number of thiophene rings is 1. The maximum atomic E-state index is 13.7. The number of nitrogens with one attached hydrogen (secondary N) is 1. The Morgan fingerprint density at radius 3 is 2.86 bits per heavy atom. The van der Waals surface area contributed by atoms with Crippen molar-refractivity contribution in [2.24, 2.45) is 5.92 Å². The monoisotopic (exact) mass is 304 g/mol. The van der Waals surface area contributed by atoms with Crippen molar-refractivity contribution < 1.29 is 9.18 Å². The normalized spacial score (nSPS) is 16.8. The van der Waals surface area contributed by atoms with Crippen LogP contribution in [0.25, 0.3) is 0 Å². The average molecular weight is 304 g/mol. The topological polar surface area (TPSA) is 42.0 Å². The van der Waals surface area contributed by atoms with E-state index in [0.717, 1.165) is 23.9 Å². The molecule has 110 valence electrons. The highest BCUT2D eigenvalue weighted by Gasteiger charge is 2.29. The SMILES string of the molecule is O=C(NC(c1cccs1)C1CCCC1)c1ccncc1F. The summed E-state index contributed by atoms with van der Waals surface area (Å²) < 4.78 is 13.7. The molecular weight excluding hydrogens is 287 g/mol. The largest absolute Gasteiger partial charge is 0.344 e. The van der Waals surface area contributed by atoms with Crippen LogP contribution in [-0.2, 0) is 0 Å². The maximum absolute atomic E-state index is 13.7. The van der Waals surface area contributed by atoms with E-state index in [9.17, 15) is 9.18 Å². The van der Waals surface area contributed by atoms with Crippen molar-refractivity contribution in [1.82, 2.24) is 10.3 Å². The maximum Gasteiger partial charge on any atom is 0.254 e. The first-order valence-corrected chi connectivity index (χ1v) is 8.07. The first-order valence-electron chi connectivity index (χ1n) is 7.19. The van der Waals surface area contributed by atoms with Crippen molar-refractivity contribution in [3.8, 4) is 0 Å². The van der Waals surface area contributed by atoms with E-state index < -0.39 is 5.82 Å². The lowest BCUT2D eigenvalue weighted by molar-refractivity contribution is 0.0918. The molecule has 2 aromatic rings. The molecule has 3 rings (SSSR count). The Morgan fingerprint density at radius 1 is 1.38 bits per heavy atom. The van der Waals surface area contributed by atoms with Gasteiger partial charge in [-0.05, 0) is 36.3 Å². The van der Waals surface area contributed by atoms with Crippen LogP contribution < -0.4 is 5.32 Å². The molecular formula is C16H17FN2OS. The molecule has 1 atom stereocenters. The number of aromatic nitrogens is 1. The standard InChI is InChI=1S/C16H17FN2OS/c17-13-10-18-8-7-12(13)16(20)19-15(11-4-1-2-5-11)14-6-3-9-21-14/h3,6-11,15H,1-2,4-5H2,(H,19,20). The number of hydrogen-bond acceptors (Lipinski definition) is 3. The van der Waals surface area contributed by atoms with Crippen LogP contribution in [0.15, 0.2) is 36.0 Å². The summed E-state index contributed by atoms with van der Waals surface area (Å²) >= 11 is 1.64. The van der Waals surface area contributed by atoms with Gasteiger partial charge in [0.2, 0.25) is 0 Å². The molecule has 1 amide bonds. The zero-order valence-electron chi connectivity index (χ0n) is 11.6. The highest BCUT2D eigenvalue weighted by Crippen LogP contribution is 2.37. The second kappa shape index (κ2) is 6.35. The minimum atomic E-state index is -0.577. The molecule has 1 aliphatic rings. The van der Waals surface area contributed by atoms with Crippen LogP contribution >= 0.6 is 11.3 Å². The van der Waals surface area contributed by atoms with Gasteiger partial charge in [-0.2, -0.15) is 0 Å². The number of pyridine rings is 1. The van der Waals surface area contributed by atoms with Gasteiger partial charge in [-0.15, -0.1) is 11.3 Å². The zero-order chi connectivity index (χ0) is 14.7. The van der Waals surface area contributed by atoms with Gasteiger partial charge in [0.1, 0.15) is 0 Å². The van der Waals surface area contributed by atoms with E-state index in [0.29, 0.717) is 5.92 Å². The van der Waals surface area contributed by atoms with Crippen LogP contribution in [0.4, 0.5) is 4.39 Å². The third-order valence-corrected chi connectivity index (χ3v) is 4.98. The Morgan fingerprint density at radius 2 is 2.19 bits per heavy atom. The first-order chi connectivity index (χ1) is 10.3. The Hall–Kier alpha value is -1.75. The van der Waals surface area contributed by atoms with E-state index in [4.69, 9.17) is 0 Å². The Bertz CT molecular complexity index is 608. The molecule has 1 saturated carbocycles. The third kappa shape index (κ3) is 3.13. The van der Waals surface area contributed by atoms with E-state index in [-0.39, 0.29) is 17.5 Å². The molecule has 0 aromatic carbocycles. The second-order valence-electron chi connectivity index (χ2n) is 5.37. The number of hydrogen-bond donors (Lipinski definition) is 1. The quantitative estimate of drug-likeness (QED) is 0.929. The lowest BCUT2D eigenvalue weighted by Crippen LogP contribution is -2.32. The van der Waals surface area contributed by atoms with Crippen molar-refractivity contribution in [2.45, 2.75) is 31.7 Å². The summed E-state index contributed by atoms with van der Waals surface area (Å²) in [4.78, 5) is 17.2. The molecule has 5 heteroatoms. The van der Waals surface area contributed by atoms with Gasteiger partial charge in [-0.3, -0.25) is 9.78 Å². The van der Waals surface area contributed by atoms with Crippen LogP contribution in [0.1, 0.15) is 47.0 Å². The number of rotatable bonds is 4. The summed E-state index contributed by atoms with van der Waals surface area (Å²) in [5.74, 6) is -0.496. The molecule has 21 heavy (non-hydrogen) atoms. The van der Waals surface area contributed by atoms with Crippen molar-refractivity contribution in [3.63, 3.8) is 0 Å². The summed E-state index contributed by atoms with van der Waals surface area (Å²) in [5.41, 5.74) is 0.0598. The van der Waals surface area contributed by atoms with Crippen molar-refractivity contribution in [3.05, 3.63) is 52.2 Å². The zero-order valence-corrected chi connectivity index (χ0v) is 12.4. The predicted molar refractivity (Wildman–Crippen MR) is 80.7 cm³/mol.